The van der Waals surface area contributed by atoms with Gasteiger partial charge in [0.25, 0.3) is 17.4 Å². The Hall–Kier alpha value is -4.33. The van der Waals surface area contributed by atoms with Crippen LogP contribution in [0.1, 0.15) is 22.7 Å². The van der Waals surface area contributed by atoms with E-state index < -0.39 is 34.2 Å². The van der Waals surface area contributed by atoms with Gasteiger partial charge in [0.05, 0.1) is 16.5 Å². The van der Waals surface area contributed by atoms with Crippen LogP contribution in [0.4, 0.5) is 10.1 Å². The Morgan fingerprint density at radius 2 is 1.59 bits per heavy atom. The second-order valence-electron chi connectivity index (χ2n) is 7.27. The molecule has 1 atom stereocenters. The number of aliphatic hydroxyl groups is 1. The Morgan fingerprint density at radius 1 is 0.969 bits per heavy atom. The van der Waals surface area contributed by atoms with Gasteiger partial charge in [0, 0.05) is 24.2 Å². The maximum atomic E-state index is 13.5. The van der Waals surface area contributed by atoms with Gasteiger partial charge in [-0.25, -0.2) is 4.39 Å². The van der Waals surface area contributed by atoms with E-state index in [2.05, 4.69) is 0 Å². The number of halogens is 1. The lowest BCUT2D eigenvalue weighted by Crippen LogP contribution is -2.29. The van der Waals surface area contributed by atoms with Crippen LogP contribution in [0, 0.1) is 15.9 Å². The summed E-state index contributed by atoms with van der Waals surface area (Å²) in [5, 5.41) is 21.9. The van der Waals surface area contributed by atoms with Crippen molar-refractivity contribution in [2.24, 2.45) is 0 Å². The third kappa shape index (κ3) is 3.85. The summed E-state index contributed by atoms with van der Waals surface area (Å²) in [5.41, 5.74) is 1.04. The normalized spacial score (nSPS) is 17.5. The lowest BCUT2D eigenvalue weighted by molar-refractivity contribution is -0.384. The Morgan fingerprint density at radius 3 is 2.19 bits per heavy atom. The first-order valence-corrected chi connectivity index (χ1v) is 9.69. The molecule has 7 nitrogen and oxygen atoms in total. The molecule has 1 heterocycles. The summed E-state index contributed by atoms with van der Waals surface area (Å²) in [6.07, 6.45) is 0. The van der Waals surface area contributed by atoms with E-state index in [9.17, 15) is 29.2 Å². The van der Waals surface area contributed by atoms with Crippen LogP contribution in [0.3, 0.4) is 0 Å². The number of carbonyl (C=O) groups is 2. The topological polar surface area (TPSA) is 101 Å². The van der Waals surface area contributed by atoms with E-state index in [0.717, 1.165) is 5.56 Å². The highest BCUT2D eigenvalue weighted by atomic mass is 19.1. The minimum absolute atomic E-state index is 0.102. The fourth-order valence-electron chi connectivity index (χ4n) is 3.71. The van der Waals surface area contributed by atoms with Crippen LogP contribution in [-0.4, -0.2) is 26.6 Å². The van der Waals surface area contributed by atoms with Crippen LogP contribution in [0.25, 0.3) is 5.76 Å². The molecule has 8 heteroatoms. The maximum absolute atomic E-state index is 13.5. The van der Waals surface area contributed by atoms with Gasteiger partial charge in [-0.1, -0.05) is 42.5 Å². The second kappa shape index (κ2) is 8.43. The fourth-order valence-corrected chi connectivity index (χ4v) is 3.71. The number of carbonyl (C=O) groups excluding carboxylic acids is 2. The van der Waals surface area contributed by atoms with Crippen molar-refractivity contribution in [1.82, 2.24) is 4.90 Å². The molecule has 0 radical (unpaired) electrons. The van der Waals surface area contributed by atoms with Gasteiger partial charge in [0.2, 0.25) is 0 Å². The van der Waals surface area contributed by atoms with E-state index in [-0.39, 0.29) is 23.4 Å². The highest BCUT2D eigenvalue weighted by Crippen LogP contribution is 2.40. The Kier molecular flexibility index (Phi) is 5.51. The summed E-state index contributed by atoms with van der Waals surface area (Å²) in [7, 11) is 0. The molecule has 0 spiro atoms. The number of nitro benzene ring substituents is 1. The van der Waals surface area contributed by atoms with Gasteiger partial charge in [0.15, 0.2) is 0 Å². The highest BCUT2D eigenvalue weighted by molar-refractivity contribution is 6.46. The van der Waals surface area contributed by atoms with Crippen molar-refractivity contribution >= 4 is 23.1 Å². The summed E-state index contributed by atoms with van der Waals surface area (Å²) in [6.45, 7) is 0.102. The maximum Gasteiger partial charge on any atom is 0.295 e. The smallest absolute Gasteiger partial charge is 0.295 e. The van der Waals surface area contributed by atoms with E-state index in [1.165, 1.54) is 53.4 Å². The summed E-state index contributed by atoms with van der Waals surface area (Å²) >= 11 is 0. The van der Waals surface area contributed by atoms with Gasteiger partial charge in [-0.3, -0.25) is 19.7 Å². The van der Waals surface area contributed by atoms with Crippen molar-refractivity contribution in [2.45, 2.75) is 12.6 Å². The minimum Gasteiger partial charge on any atom is -0.507 e. The van der Waals surface area contributed by atoms with E-state index in [0.29, 0.717) is 5.56 Å². The number of rotatable bonds is 5. The monoisotopic (exact) mass is 432 g/mol. The summed E-state index contributed by atoms with van der Waals surface area (Å²) < 4.78 is 13.5. The molecule has 1 fully saturated rings. The molecule has 1 amide bonds. The molecule has 3 aromatic carbocycles. The molecule has 0 aliphatic carbocycles. The van der Waals surface area contributed by atoms with Crippen LogP contribution < -0.4 is 0 Å². The van der Waals surface area contributed by atoms with Gasteiger partial charge in [0.1, 0.15) is 11.6 Å². The van der Waals surface area contributed by atoms with Crippen LogP contribution >= 0.6 is 0 Å². The van der Waals surface area contributed by atoms with Crippen LogP contribution in [-0.2, 0) is 16.1 Å². The molecule has 1 aliphatic rings. The average Bonchev–Trinajstić information content (AvgIpc) is 3.05. The van der Waals surface area contributed by atoms with Crippen molar-refractivity contribution < 1.29 is 24.0 Å². The number of aliphatic hydroxyl groups excluding tert-OH is 1. The molecule has 0 saturated carbocycles. The SMILES string of the molecule is O=C1C(=O)N(Cc2ccccc2)[C@H](c2ccc(F)cc2)C1=C(O)c1ccc([N+](=O)[O-])cc1. The first-order chi connectivity index (χ1) is 15.4. The number of benzene rings is 3. The number of Topliss-reactive ketones (excluding diaryl/α,β-unsaturated/α-hetero) is 1. The number of non-ortho nitro benzene ring substituents is 1. The lowest BCUT2D eigenvalue weighted by atomic mass is 9.95. The van der Waals surface area contributed by atoms with E-state index >= 15 is 0 Å². The molecule has 3 aromatic rings. The Labute approximate surface area is 182 Å². The highest BCUT2D eigenvalue weighted by Gasteiger charge is 2.46. The lowest BCUT2D eigenvalue weighted by Gasteiger charge is -2.25. The number of likely N-dealkylation sites (tertiary alicyclic amines) is 1. The van der Waals surface area contributed by atoms with Crippen molar-refractivity contribution in [1.29, 1.82) is 0 Å². The largest absolute Gasteiger partial charge is 0.507 e. The van der Waals surface area contributed by atoms with Gasteiger partial charge < -0.3 is 10.0 Å². The number of nitrogens with zero attached hydrogens (tertiary/aromatic N) is 2. The summed E-state index contributed by atoms with van der Waals surface area (Å²) in [6, 6.07) is 18.4. The zero-order valence-corrected chi connectivity index (χ0v) is 16.6. The van der Waals surface area contributed by atoms with Crippen molar-refractivity contribution in [3.05, 3.63) is 117 Å². The molecule has 1 aliphatic heterocycles. The quantitative estimate of drug-likeness (QED) is 0.212. The average molecular weight is 432 g/mol. The minimum atomic E-state index is -0.953. The van der Waals surface area contributed by atoms with Gasteiger partial charge in [-0.05, 0) is 35.4 Å². The predicted octanol–water partition coefficient (Wildman–Crippen LogP) is 4.36. The molecular weight excluding hydrogens is 415 g/mol. The third-order valence-electron chi connectivity index (χ3n) is 5.27. The molecule has 32 heavy (non-hydrogen) atoms. The zero-order valence-electron chi connectivity index (χ0n) is 16.6. The van der Waals surface area contributed by atoms with Crippen molar-refractivity contribution in [3.8, 4) is 0 Å². The Bertz CT molecular complexity index is 1220. The predicted molar refractivity (Wildman–Crippen MR) is 114 cm³/mol. The number of amides is 1. The van der Waals surface area contributed by atoms with Crippen LogP contribution in [0.2, 0.25) is 0 Å². The first-order valence-electron chi connectivity index (χ1n) is 9.69. The fraction of sp³-hybridized carbons (Fsp3) is 0.0833. The van der Waals surface area contributed by atoms with Gasteiger partial charge in [-0.2, -0.15) is 0 Å². The summed E-state index contributed by atoms with van der Waals surface area (Å²) in [5.74, 6) is -2.62. The molecule has 1 N–H and O–H groups in total. The van der Waals surface area contributed by atoms with Crippen molar-refractivity contribution in [3.63, 3.8) is 0 Å². The second-order valence-corrected chi connectivity index (χ2v) is 7.27. The molecule has 0 aromatic heterocycles. The van der Waals surface area contributed by atoms with Crippen molar-refractivity contribution in [2.75, 3.05) is 0 Å². The molecular formula is C24H17FN2O5. The van der Waals surface area contributed by atoms with E-state index in [1.54, 1.807) is 24.3 Å². The Balaban J connectivity index is 1.84. The van der Waals surface area contributed by atoms with Gasteiger partial charge in [-0.15, -0.1) is 0 Å². The number of hydrogen-bond donors (Lipinski definition) is 1. The van der Waals surface area contributed by atoms with Gasteiger partial charge >= 0.3 is 0 Å². The third-order valence-corrected chi connectivity index (χ3v) is 5.27. The zero-order chi connectivity index (χ0) is 22.8. The molecule has 0 bridgehead atoms. The molecule has 4 rings (SSSR count). The van der Waals surface area contributed by atoms with E-state index in [4.69, 9.17) is 0 Å². The first kappa shape index (κ1) is 20.9. The van der Waals surface area contributed by atoms with E-state index in [1.807, 2.05) is 6.07 Å². The van der Waals surface area contributed by atoms with Crippen LogP contribution in [0.15, 0.2) is 84.4 Å². The molecule has 0 unspecified atom stereocenters. The number of hydrogen-bond acceptors (Lipinski definition) is 5. The number of ketones is 1. The number of nitro groups is 1. The standard InChI is InChI=1S/C24H17FN2O5/c25-18-10-6-16(7-11-18)21-20(22(28)17-8-12-19(13-9-17)27(31)32)23(29)24(30)26(21)14-15-4-2-1-3-5-15/h1-13,21,28H,14H2/t21-/m1/s1. The molecule has 160 valence electrons. The summed E-state index contributed by atoms with van der Waals surface area (Å²) in [4.78, 5) is 37.5. The van der Waals surface area contributed by atoms with Crippen LogP contribution in [0.5, 0.6) is 0 Å². The molecule has 1 saturated heterocycles.